The van der Waals surface area contributed by atoms with Crippen molar-refractivity contribution in [3.63, 3.8) is 0 Å². The first kappa shape index (κ1) is 16.8. The molecule has 1 amide bonds. The molecule has 2 heterocycles. The summed E-state index contributed by atoms with van der Waals surface area (Å²) in [6.07, 6.45) is 2.49. The predicted octanol–water partition coefficient (Wildman–Crippen LogP) is 2.22. The van der Waals surface area contributed by atoms with Crippen molar-refractivity contribution >= 4 is 23.2 Å². The highest BCUT2D eigenvalue weighted by molar-refractivity contribution is 7.09. The molecule has 3 rings (SSSR count). The molecule has 0 aliphatic carbocycles. The first-order valence-electron chi connectivity index (χ1n) is 7.62. The van der Waals surface area contributed by atoms with E-state index in [0.29, 0.717) is 5.88 Å². The highest BCUT2D eigenvalue weighted by atomic mass is 32.1. The lowest BCUT2D eigenvalue weighted by Crippen LogP contribution is -2.31. The van der Waals surface area contributed by atoms with Gasteiger partial charge in [0.2, 0.25) is 17.7 Å². The van der Waals surface area contributed by atoms with E-state index in [0.717, 1.165) is 17.1 Å². The van der Waals surface area contributed by atoms with Gasteiger partial charge in [0.25, 0.3) is 0 Å². The molecule has 25 heavy (non-hydrogen) atoms. The lowest BCUT2D eigenvalue weighted by Gasteiger charge is -2.06. The van der Waals surface area contributed by atoms with Crippen molar-refractivity contribution < 1.29 is 9.53 Å². The van der Waals surface area contributed by atoms with E-state index in [-0.39, 0.29) is 18.3 Å². The van der Waals surface area contributed by atoms with Gasteiger partial charge in [0, 0.05) is 24.1 Å². The maximum atomic E-state index is 12.0. The fourth-order valence-electron chi connectivity index (χ4n) is 2.13. The summed E-state index contributed by atoms with van der Waals surface area (Å²) in [7, 11) is 1.51. The first-order valence-corrected chi connectivity index (χ1v) is 8.50. The van der Waals surface area contributed by atoms with E-state index in [4.69, 9.17) is 4.74 Å². The van der Waals surface area contributed by atoms with E-state index in [9.17, 15) is 4.79 Å². The summed E-state index contributed by atoms with van der Waals surface area (Å²) < 4.78 is 5.00. The lowest BCUT2D eigenvalue weighted by molar-refractivity contribution is -0.120. The SMILES string of the molecule is COc1ccnc(NNC(=O)Cc2csc(Cc3ccccc3)n2)n1. The molecule has 0 radical (unpaired) electrons. The molecular formula is C17H17N5O2S. The number of hydrazine groups is 1. The fraction of sp³-hybridized carbons (Fsp3) is 0.176. The van der Waals surface area contributed by atoms with Crippen LogP contribution in [0.1, 0.15) is 16.3 Å². The molecule has 3 aromatic rings. The van der Waals surface area contributed by atoms with Crippen LogP contribution in [0.25, 0.3) is 0 Å². The van der Waals surface area contributed by atoms with Crippen LogP contribution in [0.3, 0.4) is 0 Å². The Labute approximate surface area is 149 Å². The summed E-state index contributed by atoms with van der Waals surface area (Å²) >= 11 is 1.55. The van der Waals surface area contributed by atoms with Crippen molar-refractivity contribution in [2.24, 2.45) is 0 Å². The van der Waals surface area contributed by atoms with Crippen LogP contribution >= 0.6 is 11.3 Å². The second kappa shape index (κ2) is 8.20. The van der Waals surface area contributed by atoms with E-state index in [1.807, 2.05) is 23.6 Å². The molecule has 0 saturated heterocycles. The van der Waals surface area contributed by atoms with E-state index in [1.54, 1.807) is 17.4 Å². The predicted molar refractivity (Wildman–Crippen MR) is 95.4 cm³/mol. The summed E-state index contributed by atoms with van der Waals surface area (Å²) in [5.74, 6) is 0.454. The van der Waals surface area contributed by atoms with E-state index in [1.165, 1.54) is 18.9 Å². The lowest BCUT2D eigenvalue weighted by atomic mass is 10.2. The first-order chi connectivity index (χ1) is 12.2. The number of thiazole rings is 1. The van der Waals surface area contributed by atoms with Gasteiger partial charge in [-0.25, -0.2) is 9.97 Å². The summed E-state index contributed by atoms with van der Waals surface area (Å²) in [4.78, 5) is 24.6. The Morgan fingerprint density at radius 1 is 1.20 bits per heavy atom. The molecule has 2 N–H and O–H groups in total. The van der Waals surface area contributed by atoms with Gasteiger partial charge in [-0.05, 0) is 5.56 Å². The zero-order chi connectivity index (χ0) is 17.5. The van der Waals surface area contributed by atoms with Gasteiger partial charge in [0.05, 0.1) is 24.2 Å². The third-order valence-electron chi connectivity index (χ3n) is 3.29. The zero-order valence-corrected chi connectivity index (χ0v) is 14.4. The number of ether oxygens (including phenoxy) is 1. The molecule has 128 valence electrons. The maximum Gasteiger partial charge on any atom is 0.245 e. The highest BCUT2D eigenvalue weighted by Gasteiger charge is 2.09. The van der Waals surface area contributed by atoms with Gasteiger partial charge in [0.1, 0.15) is 0 Å². The third-order valence-corrected chi connectivity index (χ3v) is 4.19. The van der Waals surface area contributed by atoms with E-state index >= 15 is 0 Å². The molecule has 0 unspecified atom stereocenters. The van der Waals surface area contributed by atoms with Crippen molar-refractivity contribution in [2.45, 2.75) is 12.8 Å². The number of methoxy groups -OCH3 is 1. The maximum absolute atomic E-state index is 12.0. The number of anilines is 1. The second-order valence-corrected chi connectivity index (χ2v) is 6.11. The van der Waals surface area contributed by atoms with Crippen LogP contribution in [0.4, 0.5) is 5.95 Å². The summed E-state index contributed by atoms with van der Waals surface area (Å²) in [5.41, 5.74) is 7.15. The van der Waals surface area contributed by atoms with Crippen molar-refractivity contribution in [3.05, 3.63) is 64.2 Å². The molecule has 0 atom stereocenters. The molecule has 0 saturated carbocycles. The minimum Gasteiger partial charge on any atom is -0.481 e. The van der Waals surface area contributed by atoms with E-state index in [2.05, 4.69) is 37.9 Å². The van der Waals surface area contributed by atoms with Crippen LogP contribution in [0.5, 0.6) is 5.88 Å². The van der Waals surface area contributed by atoms with Crippen LogP contribution in [-0.2, 0) is 17.6 Å². The van der Waals surface area contributed by atoms with Gasteiger partial charge in [-0.1, -0.05) is 30.3 Å². The Balaban J connectivity index is 1.51. The Kier molecular flexibility index (Phi) is 5.53. The Morgan fingerprint density at radius 2 is 2.04 bits per heavy atom. The van der Waals surface area contributed by atoms with Crippen LogP contribution in [-0.4, -0.2) is 28.0 Å². The normalized spacial score (nSPS) is 10.3. The Bertz CT molecular complexity index is 838. The Morgan fingerprint density at radius 3 is 2.84 bits per heavy atom. The van der Waals surface area contributed by atoms with E-state index < -0.39 is 0 Å². The minimum atomic E-state index is -0.219. The Hall–Kier alpha value is -3.00. The number of amides is 1. The summed E-state index contributed by atoms with van der Waals surface area (Å²) in [6, 6.07) is 11.7. The number of rotatable bonds is 7. The van der Waals surface area contributed by atoms with Gasteiger partial charge >= 0.3 is 0 Å². The number of aromatic nitrogens is 3. The summed E-state index contributed by atoms with van der Waals surface area (Å²) in [6.45, 7) is 0. The number of benzene rings is 1. The molecule has 0 fully saturated rings. The summed E-state index contributed by atoms with van der Waals surface area (Å²) in [5, 5.41) is 2.89. The number of hydrogen-bond donors (Lipinski definition) is 2. The van der Waals surface area contributed by atoms with Crippen molar-refractivity contribution in [1.82, 2.24) is 20.4 Å². The average Bonchev–Trinajstić information content (AvgIpc) is 3.08. The standard InChI is InChI=1S/C17H17N5O2S/c1-24-15-7-8-18-17(20-15)22-21-14(23)10-13-11-25-16(19-13)9-12-5-3-2-4-6-12/h2-8,11H,9-10H2,1H3,(H,21,23)(H,18,20,22). The quantitative estimate of drug-likeness (QED) is 0.632. The van der Waals surface area contributed by atoms with Gasteiger partial charge in [-0.3, -0.25) is 15.6 Å². The molecule has 8 heteroatoms. The van der Waals surface area contributed by atoms with Crippen molar-refractivity contribution in [3.8, 4) is 5.88 Å². The van der Waals surface area contributed by atoms with Crippen LogP contribution in [0, 0.1) is 0 Å². The molecular weight excluding hydrogens is 338 g/mol. The molecule has 0 bridgehead atoms. The number of carbonyl (C=O) groups excluding carboxylic acids is 1. The fourth-order valence-corrected chi connectivity index (χ4v) is 2.96. The van der Waals surface area contributed by atoms with Crippen molar-refractivity contribution in [1.29, 1.82) is 0 Å². The number of hydrogen-bond acceptors (Lipinski definition) is 7. The van der Waals surface area contributed by atoms with Crippen LogP contribution in [0.2, 0.25) is 0 Å². The largest absolute Gasteiger partial charge is 0.481 e. The molecule has 1 aromatic carbocycles. The zero-order valence-electron chi connectivity index (χ0n) is 13.6. The van der Waals surface area contributed by atoms with Gasteiger partial charge < -0.3 is 4.74 Å². The number of carbonyl (C=O) groups is 1. The smallest absolute Gasteiger partial charge is 0.245 e. The molecule has 0 aliphatic rings. The van der Waals surface area contributed by atoms with Gasteiger partial charge in [0.15, 0.2) is 0 Å². The highest BCUT2D eigenvalue weighted by Crippen LogP contribution is 2.15. The number of nitrogens with one attached hydrogen (secondary N) is 2. The van der Waals surface area contributed by atoms with Gasteiger partial charge in [-0.2, -0.15) is 4.98 Å². The second-order valence-electron chi connectivity index (χ2n) is 5.17. The van der Waals surface area contributed by atoms with Crippen LogP contribution < -0.4 is 15.6 Å². The molecule has 2 aromatic heterocycles. The number of nitrogens with zero attached hydrogens (tertiary/aromatic N) is 3. The van der Waals surface area contributed by atoms with Crippen LogP contribution in [0.15, 0.2) is 48.0 Å². The minimum absolute atomic E-state index is 0.183. The molecule has 7 nitrogen and oxygen atoms in total. The molecule has 0 spiro atoms. The third kappa shape index (κ3) is 4.98. The monoisotopic (exact) mass is 355 g/mol. The average molecular weight is 355 g/mol. The van der Waals surface area contributed by atoms with Crippen molar-refractivity contribution in [2.75, 3.05) is 12.5 Å². The molecule has 0 aliphatic heterocycles. The van der Waals surface area contributed by atoms with Gasteiger partial charge in [-0.15, -0.1) is 11.3 Å². The topological polar surface area (TPSA) is 89.0 Å².